The van der Waals surface area contributed by atoms with Gasteiger partial charge in [-0.05, 0) is 57.5 Å². The van der Waals surface area contributed by atoms with Crippen molar-refractivity contribution in [3.8, 4) is 5.75 Å². The fourth-order valence-electron chi connectivity index (χ4n) is 2.96. The summed E-state index contributed by atoms with van der Waals surface area (Å²) < 4.78 is 25.6. The van der Waals surface area contributed by atoms with Crippen molar-refractivity contribution in [2.45, 2.75) is 52.5 Å². The van der Waals surface area contributed by atoms with Crippen molar-refractivity contribution < 1.29 is 18.7 Å². The monoisotopic (exact) mass is 450 g/mol. The molecule has 0 fully saturated rings. The third-order valence-electron chi connectivity index (χ3n) is 4.41. The Hall–Kier alpha value is -2.38. The molecule has 1 aliphatic rings. The van der Waals surface area contributed by atoms with Gasteiger partial charge in [-0.2, -0.15) is 0 Å². The largest absolute Gasteiger partial charge is 0.481 e. The van der Waals surface area contributed by atoms with Crippen molar-refractivity contribution in [2.24, 2.45) is 0 Å². The minimum absolute atomic E-state index is 0.0309. The van der Waals surface area contributed by atoms with Crippen LogP contribution in [0.1, 0.15) is 38.8 Å². The molecule has 0 bridgehead atoms. The van der Waals surface area contributed by atoms with E-state index < -0.39 is 17.5 Å². The maximum Gasteiger partial charge on any atom is 0.410 e. The van der Waals surface area contributed by atoms with Crippen LogP contribution in [0.5, 0.6) is 5.75 Å². The van der Waals surface area contributed by atoms with Crippen molar-refractivity contribution >= 4 is 40.6 Å². The molecular weight excluding hydrogens is 427 g/mol. The number of carbonyl (C=O) groups excluding carboxylic acids is 1. The van der Waals surface area contributed by atoms with E-state index >= 15 is 0 Å². The number of nitrogens with one attached hydrogen (secondary N) is 1. The van der Waals surface area contributed by atoms with Crippen molar-refractivity contribution in [3.05, 3.63) is 58.4 Å². The van der Waals surface area contributed by atoms with Crippen molar-refractivity contribution in [1.29, 1.82) is 0 Å². The number of halogens is 2. The zero-order valence-corrected chi connectivity index (χ0v) is 18.9. The number of hydrogen-bond donors (Lipinski definition) is 1. The molecule has 0 spiro atoms. The van der Waals surface area contributed by atoms with Crippen LogP contribution in [0, 0.1) is 5.82 Å². The molecule has 1 atom stereocenters. The Labute approximate surface area is 186 Å². The second-order valence-corrected chi connectivity index (χ2v) is 8.96. The summed E-state index contributed by atoms with van der Waals surface area (Å²) in [5, 5.41) is 3.40. The molecule has 160 valence electrons. The number of fused-ring (bicyclic) bond motifs is 1. The first-order valence-electron chi connectivity index (χ1n) is 9.55. The number of thiocarbonyl (C=S) groups is 1. The van der Waals surface area contributed by atoms with Gasteiger partial charge in [-0.25, -0.2) is 9.18 Å². The third-order valence-corrected chi connectivity index (χ3v) is 5.20. The first kappa shape index (κ1) is 22.3. The highest BCUT2D eigenvalue weighted by atomic mass is 35.5. The van der Waals surface area contributed by atoms with Crippen LogP contribution in [0.4, 0.5) is 14.9 Å². The summed E-state index contributed by atoms with van der Waals surface area (Å²) in [6.07, 6.45) is -0.771. The molecule has 2 aromatic carbocycles. The summed E-state index contributed by atoms with van der Waals surface area (Å²) in [5.41, 5.74) is 1.07. The van der Waals surface area contributed by atoms with Crippen molar-refractivity contribution in [1.82, 2.24) is 4.90 Å². The van der Waals surface area contributed by atoms with E-state index in [9.17, 15) is 9.18 Å². The number of benzene rings is 2. The Kier molecular flexibility index (Phi) is 6.53. The van der Waals surface area contributed by atoms with E-state index in [0.29, 0.717) is 10.7 Å². The van der Waals surface area contributed by atoms with Gasteiger partial charge in [-0.3, -0.25) is 4.90 Å². The predicted octanol–water partition coefficient (Wildman–Crippen LogP) is 5.94. The quantitative estimate of drug-likeness (QED) is 0.584. The van der Waals surface area contributed by atoms with E-state index in [-0.39, 0.29) is 29.8 Å². The van der Waals surface area contributed by atoms with Crippen LogP contribution in [-0.4, -0.2) is 27.7 Å². The van der Waals surface area contributed by atoms with E-state index in [1.165, 1.54) is 17.0 Å². The van der Waals surface area contributed by atoms with Crippen LogP contribution >= 0.6 is 23.8 Å². The number of carbonyl (C=O) groups is 1. The van der Waals surface area contributed by atoms with Crippen molar-refractivity contribution in [2.75, 3.05) is 5.32 Å². The molecule has 1 amide bonds. The summed E-state index contributed by atoms with van der Waals surface area (Å²) in [6.45, 7) is 7.37. The Bertz CT molecular complexity index is 957. The van der Waals surface area contributed by atoms with Gasteiger partial charge in [0.25, 0.3) is 0 Å². The number of rotatable bonds is 4. The van der Waals surface area contributed by atoms with Crippen LogP contribution in [0.3, 0.4) is 0 Å². The van der Waals surface area contributed by atoms with Crippen LogP contribution in [0.15, 0.2) is 36.4 Å². The molecule has 8 heteroatoms. The van der Waals surface area contributed by atoms with Gasteiger partial charge >= 0.3 is 6.09 Å². The number of amides is 1. The van der Waals surface area contributed by atoms with E-state index in [2.05, 4.69) is 5.32 Å². The third kappa shape index (κ3) is 5.40. The SMILES string of the molecule is CC1Oc2ccc(CN(Cc3c(F)cccc3Cl)C(=O)OC(C)(C)C)cc2NC1=S. The number of hydrogen-bond acceptors (Lipinski definition) is 4. The number of nitrogens with zero attached hydrogens (tertiary/aromatic N) is 1. The zero-order valence-electron chi connectivity index (χ0n) is 17.3. The van der Waals surface area contributed by atoms with E-state index in [1.54, 1.807) is 26.8 Å². The van der Waals surface area contributed by atoms with Gasteiger partial charge in [0.1, 0.15) is 28.3 Å². The second-order valence-electron chi connectivity index (χ2n) is 8.12. The molecule has 1 unspecified atom stereocenters. The lowest BCUT2D eigenvalue weighted by Gasteiger charge is -2.29. The Morgan fingerprint density at radius 3 is 2.70 bits per heavy atom. The van der Waals surface area contributed by atoms with Gasteiger partial charge in [-0.15, -0.1) is 0 Å². The topological polar surface area (TPSA) is 50.8 Å². The predicted molar refractivity (Wildman–Crippen MR) is 120 cm³/mol. The molecule has 0 aliphatic carbocycles. The zero-order chi connectivity index (χ0) is 22.1. The second kappa shape index (κ2) is 8.78. The molecule has 1 aliphatic heterocycles. The lowest BCUT2D eigenvalue weighted by molar-refractivity contribution is 0.0215. The first-order valence-corrected chi connectivity index (χ1v) is 10.3. The van der Waals surface area contributed by atoms with Gasteiger partial charge in [0.05, 0.1) is 12.2 Å². The summed E-state index contributed by atoms with van der Waals surface area (Å²) in [5.74, 6) is 0.205. The Morgan fingerprint density at radius 1 is 1.30 bits per heavy atom. The maximum absolute atomic E-state index is 14.4. The molecule has 0 radical (unpaired) electrons. The summed E-state index contributed by atoms with van der Waals surface area (Å²) in [6, 6.07) is 9.96. The van der Waals surface area contributed by atoms with Crippen LogP contribution in [-0.2, 0) is 17.8 Å². The summed E-state index contributed by atoms with van der Waals surface area (Å²) >= 11 is 11.5. The van der Waals surface area contributed by atoms with Gasteiger partial charge in [0.15, 0.2) is 0 Å². The minimum Gasteiger partial charge on any atom is -0.481 e. The lowest BCUT2D eigenvalue weighted by atomic mass is 10.1. The molecule has 0 aromatic heterocycles. The molecule has 0 saturated carbocycles. The summed E-state index contributed by atoms with van der Waals surface area (Å²) in [4.78, 5) is 14.9. The van der Waals surface area contributed by atoms with E-state index in [4.69, 9.17) is 33.3 Å². The fraction of sp³-hybridized carbons (Fsp3) is 0.364. The molecule has 5 nitrogen and oxygen atoms in total. The van der Waals surface area contributed by atoms with Crippen molar-refractivity contribution in [3.63, 3.8) is 0 Å². The smallest absolute Gasteiger partial charge is 0.410 e. The van der Waals surface area contributed by atoms with Gasteiger partial charge in [0.2, 0.25) is 0 Å². The molecule has 3 rings (SSSR count). The standard InChI is InChI=1S/C22H24ClFN2O3S/c1-13-20(30)25-18-10-14(8-9-19(18)28-13)11-26(21(27)29-22(2,3)4)12-15-16(23)6-5-7-17(15)24/h5-10,13H,11-12H2,1-4H3,(H,25,30). The molecule has 0 saturated heterocycles. The Morgan fingerprint density at radius 2 is 2.03 bits per heavy atom. The number of anilines is 1. The molecule has 1 heterocycles. The molecule has 30 heavy (non-hydrogen) atoms. The van der Waals surface area contributed by atoms with E-state index in [0.717, 1.165) is 11.3 Å². The average Bonchev–Trinajstić information content (AvgIpc) is 2.63. The van der Waals surface area contributed by atoms with Gasteiger partial charge in [0, 0.05) is 17.1 Å². The molecule has 1 N–H and O–H groups in total. The highest BCUT2D eigenvalue weighted by Crippen LogP contribution is 2.32. The first-order chi connectivity index (χ1) is 14.0. The Balaban J connectivity index is 1.88. The normalized spacial score (nSPS) is 15.7. The maximum atomic E-state index is 14.4. The lowest BCUT2D eigenvalue weighted by Crippen LogP contribution is -2.36. The fourth-order valence-corrected chi connectivity index (χ4v) is 3.34. The highest BCUT2D eigenvalue weighted by molar-refractivity contribution is 7.80. The van der Waals surface area contributed by atoms with Crippen LogP contribution in [0.2, 0.25) is 5.02 Å². The highest BCUT2D eigenvalue weighted by Gasteiger charge is 2.26. The number of ether oxygens (including phenoxy) is 2. The van der Waals surface area contributed by atoms with Gasteiger partial charge in [-0.1, -0.05) is 36.0 Å². The van der Waals surface area contributed by atoms with Gasteiger partial charge < -0.3 is 14.8 Å². The van der Waals surface area contributed by atoms with Crippen LogP contribution < -0.4 is 10.1 Å². The molecule has 2 aromatic rings. The minimum atomic E-state index is -0.693. The summed E-state index contributed by atoms with van der Waals surface area (Å²) in [7, 11) is 0. The van der Waals surface area contributed by atoms with E-state index in [1.807, 2.05) is 25.1 Å². The van der Waals surface area contributed by atoms with Crippen LogP contribution in [0.25, 0.3) is 0 Å². The molecular formula is C22H24ClFN2O3S. The average molecular weight is 451 g/mol.